The zero-order chi connectivity index (χ0) is 13.5. The Morgan fingerprint density at radius 2 is 2.00 bits per heavy atom. The minimum absolute atomic E-state index is 0.0493. The minimum atomic E-state index is -0.266. The van der Waals surface area contributed by atoms with Gasteiger partial charge in [-0.25, -0.2) is 0 Å². The molecule has 1 amide bonds. The first-order valence-corrected chi connectivity index (χ1v) is 6.05. The Morgan fingerprint density at radius 3 is 2.61 bits per heavy atom. The number of esters is 1. The van der Waals surface area contributed by atoms with Crippen LogP contribution in [0.4, 0.5) is 0 Å². The van der Waals surface area contributed by atoms with Gasteiger partial charge < -0.3 is 14.6 Å². The number of carbonyl (C=O) groups is 2. The van der Waals surface area contributed by atoms with E-state index in [9.17, 15) is 9.59 Å². The van der Waals surface area contributed by atoms with Gasteiger partial charge in [-0.3, -0.25) is 9.59 Å². The SMILES string of the molecule is CCCC(=O)NCc1ccc(CC(=O)OC)n1C. The van der Waals surface area contributed by atoms with Crippen molar-refractivity contribution in [1.29, 1.82) is 0 Å². The molecule has 0 bridgehead atoms. The lowest BCUT2D eigenvalue weighted by Gasteiger charge is -2.08. The third-order valence-corrected chi connectivity index (χ3v) is 2.83. The maximum atomic E-state index is 11.4. The molecule has 0 aromatic carbocycles. The molecule has 0 unspecified atom stereocenters. The van der Waals surface area contributed by atoms with E-state index in [1.54, 1.807) is 0 Å². The van der Waals surface area contributed by atoms with Gasteiger partial charge in [-0.05, 0) is 18.6 Å². The summed E-state index contributed by atoms with van der Waals surface area (Å²) in [5, 5.41) is 2.85. The molecular weight excluding hydrogens is 232 g/mol. The molecule has 100 valence electrons. The van der Waals surface area contributed by atoms with Crippen LogP contribution in [0, 0.1) is 0 Å². The summed E-state index contributed by atoms with van der Waals surface area (Å²) in [6.07, 6.45) is 1.63. The van der Waals surface area contributed by atoms with Gasteiger partial charge in [0, 0.05) is 24.9 Å². The summed E-state index contributed by atoms with van der Waals surface area (Å²) in [5.41, 5.74) is 1.85. The highest BCUT2D eigenvalue weighted by atomic mass is 16.5. The van der Waals surface area contributed by atoms with Crippen molar-refractivity contribution < 1.29 is 14.3 Å². The topological polar surface area (TPSA) is 60.3 Å². The number of carbonyl (C=O) groups excluding carboxylic acids is 2. The maximum absolute atomic E-state index is 11.4. The Labute approximate surface area is 107 Å². The molecule has 0 saturated heterocycles. The monoisotopic (exact) mass is 252 g/mol. The van der Waals surface area contributed by atoms with Gasteiger partial charge in [0.05, 0.1) is 20.1 Å². The molecule has 1 aromatic rings. The van der Waals surface area contributed by atoms with Gasteiger partial charge in [0.1, 0.15) is 0 Å². The Bertz CT molecular complexity index is 424. The number of ether oxygens (including phenoxy) is 1. The van der Waals surface area contributed by atoms with Crippen molar-refractivity contribution in [3.8, 4) is 0 Å². The van der Waals surface area contributed by atoms with Crippen LogP contribution in [0.15, 0.2) is 12.1 Å². The Morgan fingerprint density at radius 1 is 1.33 bits per heavy atom. The van der Waals surface area contributed by atoms with Crippen molar-refractivity contribution in [2.24, 2.45) is 7.05 Å². The molecule has 0 saturated carbocycles. The van der Waals surface area contributed by atoms with Crippen LogP contribution >= 0.6 is 0 Å². The molecule has 18 heavy (non-hydrogen) atoms. The van der Waals surface area contributed by atoms with Gasteiger partial charge in [-0.1, -0.05) is 6.92 Å². The van der Waals surface area contributed by atoms with E-state index >= 15 is 0 Å². The van der Waals surface area contributed by atoms with Crippen molar-refractivity contribution in [3.05, 3.63) is 23.5 Å². The van der Waals surface area contributed by atoms with E-state index in [4.69, 9.17) is 0 Å². The Balaban J connectivity index is 2.58. The molecule has 0 aliphatic rings. The smallest absolute Gasteiger partial charge is 0.311 e. The Hall–Kier alpha value is -1.78. The van der Waals surface area contributed by atoms with Crippen molar-refractivity contribution >= 4 is 11.9 Å². The zero-order valence-corrected chi connectivity index (χ0v) is 11.2. The van der Waals surface area contributed by atoms with Crippen LogP contribution in [0.1, 0.15) is 31.2 Å². The van der Waals surface area contributed by atoms with Crippen molar-refractivity contribution in [1.82, 2.24) is 9.88 Å². The molecule has 5 nitrogen and oxygen atoms in total. The normalized spacial score (nSPS) is 10.2. The van der Waals surface area contributed by atoms with Gasteiger partial charge in [0.2, 0.25) is 5.91 Å². The van der Waals surface area contributed by atoms with Crippen LogP contribution in [0.3, 0.4) is 0 Å². The molecule has 1 rings (SSSR count). The highest BCUT2D eigenvalue weighted by molar-refractivity contribution is 5.75. The minimum Gasteiger partial charge on any atom is -0.469 e. The highest BCUT2D eigenvalue weighted by Gasteiger charge is 2.09. The molecule has 1 aromatic heterocycles. The molecule has 0 atom stereocenters. The first-order chi connectivity index (χ1) is 8.58. The quantitative estimate of drug-likeness (QED) is 0.773. The van der Waals surface area contributed by atoms with Gasteiger partial charge in [0.15, 0.2) is 0 Å². The second kappa shape index (κ2) is 6.83. The number of methoxy groups -OCH3 is 1. The summed E-state index contributed by atoms with van der Waals surface area (Å²) in [6.45, 7) is 2.45. The van der Waals surface area contributed by atoms with Crippen molar-refractivity contribution in [2.45, 2.75) is 32.7 Å². The van der Waals surface area contributed by atoms with Crippen LogP contribution in [0.5, 0.6) is 0 Å². The summed E-state index contributed by atoms with van der Waals surface area (Å²) in [7, 11) is 3.25. The Kier molecular flexibility index (Phi) is 5.42. The fraction of sp³-hybridized carbons (Fsp3) is 0.538. The summed E-state index contributed by atoms with van der Waals surface area (Å²) in [6, 6.07) is 3.78. The third-order valence-electron chi connectivity index (χ3n) is 2.83. The molecule has 1 N–H and O–H groups in total. The van der Waals surface area contributed by atoms with E-state index < -0.39 is 0 Å². The summed E-state index contributed by atoms with van der Waals surface area (Å²) in [5.74, 6) is -0.217. The van der Waals surface area contributed by atoms with Crippen LogP contribution in [-0.2, 0) is 34.3 Å². The van der Waals surface area contributed by atoms with E-state index in [1.165, 1.54) is 7.11 Å². The highest BCUT2D eigenvalue weighted by Crippen LogP contribution is 2.08. The molecule has 1 heterocycles. The molecule has 5 heteroatoms. The number of aromatic nitrogens is 1. The molecular formula is C13H20N2O3. The van der Waals surface area contributed by atoms with Gasteiger partial charge >= 0.3 is 5.97 Å². The fourth-order valence-electron chi connectivity index (χ4n) is 1.68. The molecule has 0 aliphatic carbocycles. The lowest BCUT2D eigenvalue weighted by atomic mass is 10.3. The van der Waals surface area contributed by atoms with Crippen LogP contribution in [0.2, 0.25) is 0 Å². The number of nitrogens with one attached hydrogen (secondary N) is 1. The molecule has 0 fully saturated rings. The number of nitrogens with zero attached hydrogens (tertiary/aromatic N) is 1. The van der Waals surface area contributed by atoms with Crippen LogP contribution in [0.25, 0.3) is 0 Å². The average molecular weight is 252 g/mol. The lowest BCUT2D eigenvalue weighted by molar-refractivity contribution is -0.139. The van der Waals surface area contributed by atoms with Gasteiger partial charge in [-0.15, -0.1) is 0 Å². The zero-order valence-electron chi connectivity index (χ0n) is 11.2. The van der Waals surface area contributed by atoms with E-state index in [-0.39, 0.29) is 18.3 Å². The van der Waals surface area contributed by atoms with Gasteiger partial charge in [0.25, 0.3) is 0 Å². The molecule has 0 radical (unpaired) electrons. The van der Waals surface area contributed by atoms with Crippen LogP contribution < -0.4 is 5.32 Å². The third kappa shape index (κ3) is 3.91. The second-order valence-electron chi connectivity index (χ2n) is 4.15. The lowest BCUT2D eigenvalue weighted by Crippen LogP contribution is -2.23. The maximum Gasteiger partial charge on any atom is 0.311 e. The number of amides is 1. The predicted octanol–water partition coefficient (Wildman–Crippen LogP) is 1.16. The van der Waals surface area contributed by atoms with E-state index in [0.717, 1.165) is 17.8 Å². The number of hydrogen-bond acceptors (Lipinski definition) is 3. The van der Waals surface area contributed by atoms with Gasteiger partial charge in [-0.2, -0.15) is 0 Å². The van der Waals surface area contributed by atoms with E-state index in [1.807, 2.05) is 30.7 Å². The largest absolute Gasteiger partial charge is 0.469 e. The summed E-state index contributed by atoms with van der Waals surface area (Å²) >= 11 is 0. The van der Waals surface area contributed by atoms with Crippen LogP contribution in [-0.4, -0.2) is 23.6 Å². The standard InChI is InChI=1S/C13H20N2O3/c1-4-5-12(16)14-9-11-7-6-10(15(11)2)8-13(17)18-3/h6-7H,4-5,8-9H2,1-3H3,(H,14,16). The first-order valence-electron chi connectivity index (χ1n) is 6.05. The van der Waals surface area contributed by atoms with Crippen molar-refractivity contribution in [3.63, 3.8) is 0 Å². The van der Waals surface area contributed by atoms with Crippen molar-refractivity contribution in [2.75, 3.05) is 7.11 Å². The first kappa shape index (κ1) is 14.3. The number of hydrogen-bond donors (Lipinski definition) is 1. The van der Waals surface area contributed by atoms with E-state index in [0.29, 0.717) is 13.0 Å². The molecule has 0 aliphatic heterocycles. The number of rotatable bonds is 6. The fourth-order valence-corrected chi connectivity index (χ4v) is 1.68. The van der Waals surface area contributed by atoms with E-state index in [2.05, 4.69) is 10.1 Å². The predicted molar refractivity (Wildman–Crippen MR) is 67.9 cm³/mol. The average Bonchev–Trinajstić information content (AvgIpc) is 2.68. The summed E-state index contributed by atoms with van der Waals surface area (Å²) in [4.78, 5) is 22.6. The molecule has 0 spiro atoms. The summed E-state index contributed by atoms with van der Waals surface area (Å²) < 4.78 is 6.53. The second-order valence-corrected chi connectivity index (χ2v) is 4.15.